The van der Waals surface area contributed by atoms with Crippen molar-refractivity contribution < 1.29 is 9.47 Å². The van der Waals surface area contributed by atoms with Gasteiger partial charge in [0.25, 0.3) is 0 Å². The van der Waals surface area contributed by atoms with Gasteiger partial charge in [-0.05, 0) is 36.4 Å². The number of methoxy groups -OCH3 is 1. The molecule has 0 unspecified atom stereocenters. The highest BCUT2D eigenvalue weighted by molar-refractivity contribution is 7.19. The van der Waals surface area contributed by atoms with Crippen molar-refractivity contribution in [3.8, 4) is 16.3 Å². The molecule has 0 amide bonds. The molecular weight excluding hydrogens is 380 g/mol. The van der Waals surface area contributed by atoms with E-state index < -0.39 is 0 Å². The largest absolute Gasteiger partial charge is 0.489 e. The van der Waals surface area contributed by atoms with Crippen molar-refractivity contribution in [1.82, 2.24) is 15.0 Å². The zero-order chi connectivity index (χ0) is 19.9. The normalized spacial score (nSPS) is 10.5. The third kappa shape index (κ3) is 4.59. The molecule has 28 heavy (non-hydrogen) atoms. The van der Waals surface area contributed by atoms with Crippen molar-refractivity contribution in [2.24, 2.45) is 5.18 Å². The summed E-state index contributed by atoms with van der Waals surface area (Å²) >= 11 is 1.52. The molecule has 0 aliphatic heterocycles. The van der Waals surface area contributed by atoms with Gasteiger partial charge in [0.1, 0.15) is 12.4 Å². The zero-order valence-electron chi connectivity index (χ0n) is 15.7. The van der Waals surface area contributed by atoms with Crippen LogP contribution in [0.2, 0.25) is 0 Å². The maximum absolute atomic E-state index is 11.1. The van der Waals surface area contributed by atoms with E-state index in [4.69, 9.17) is 9.47 Å². The molecule has 0 aliphatic rings. The number of aromatic nitrogens is 3. The number of nitrogens with one attached hydrogen (secondary N) is 2. The average molecular weight is 400 g/mol. The molecule has 146 valence electrons. The molecule has 0 saturated heterocycles. The first-order chi connectivity index (χ1) is 13.6. The molecule has 0 spiro atoms. The first-order valence-electron chi connectivity index (χ1n) is 8.49. The van der Waals surface area contributed by atoms with E-state index in [-0.39, 0.29) is 5.69 Å². The molecule has 0 fully saturated rings. The number of nitroso groups, excluding NO2 is 1. The molecule has 1 aromatic carbocycles. The molecular formula is C18H20N6O3S. The van der Waals surface area contributed by atoms with Gasteiger partial charge in [-0.25, -0.2) is 15.0 Å². The highest BCUT2D eigenvalue weighted by Crippen LogP contribution is 2.33. The summed E-state index contributed by atoms with van der Waals surface area (Å²) in [6, 6.07) is 6.85. The highest BCUT2D eigenvalue weighted by Gasteiger charge is 2.12. The van der Waals surface area contributed by atoms with Crippen LogP contribution < -0.4 is 15.4 Å². The van der Waals surface area contributed by atoms with E-state index in [2.05, 4.69) is 30.8 Å². The van der Waals surface area contributed by atoms with Crippen molar-refractivity contribution in [2.45, 2.75) is 6.92 Å². The summed E-state index contributed by atoms with van der Waals surface area (Å²) in [6.45, 7) is 2.69. The van der Waals surface area contributed by atoms with Gasteiger partial charge in [-0.1, -0.05) is 11.3 Å². The summed E-state index contributed by atoms with van der Waals surface area (Å²) in [5.41, 5.74) is 2.48. The van der Waals surface area contributed by atoms with Crippen molar-refractivity contribution in [3.05, 3.63) is 41.1 Å². The van der Waals surface area contributed by atoms with Gasteiger partial charge in [-0.3, -0.25) is 0 Å². The molecule has 0 radical (unpaired) electrons. The molecule has 3 rings (SSSR count). The average Bonchev–Trinajstić information content (AvgIpc) is 3.10. The Hall–Kier alpha value is -3.11. The Morgan fingerprint density at radius 2 is 2.07 bits per heavy atom. The van der Waals surface area contributed by atoms with E-state index in [0.29, 0.717) is 30.6 Å². The Morgan fingerprint density at radius 1 is 1.21 bits per heavy atom. The first-order valence-corrected chi connectivity index (χ1v) is 9.31. The van der Waals surface area contributed by atoms with Crippen LogP contribution in [0.3, 0.4) is 0 Å². The van der Waals surface area contributed by atoms with Crippen LogP contribution in [0.4, 0.5) is 22.5 Å². The van der Waals surface area contributed by atoms with Crippen LogP contribution in [-0.4, -0.2) is 42.3 Å². The number of anilines is 3. The fourth-order valence-corrected chi connectivity index (χ4v) is 3.33. The van der Waals surface area contributed by atoms with E-state index in [1.807, 2.05) is 20.0 Å². The van der Waals surface area contributed by atoms with Crippen LogP contribution in [0.5, 0.6) is 5.75 Å². The Balaban J connectivity index is 1.80. The number of hydrogen-bond donors (Lipinski definition) is 2. The van der Waals surface area contributed by atoms with Gasteiger partial charge in [0.15, 0.2) is 10.8 Å². The standard InChI is InChI=1S/C18H20N6O3S/c1-11-16(28-18(19-2)21-11)13-6-7-20-17(23-13)22-12-4-5-15(14(10-12)24-25)27-9-8-26-3/h4-7,10H,8-9H2,1-3H3,(H,19,21)(H,20,22,23). The third-order valence-corrected chi connectivity index (χ3v) is 4.95. The molecule has 0 saturated carbocycles. The molecule has 0 bridgehead atoms. The summed E-state index contributed by atoms with van der Waals surface area (Å²) in [7, 11) is 3.41. The van der Waals surface area contributed by atoms with Crippen LogP contribution >= 0.6 is 11.3 Å². The third-order valence-electron chi connectivity index (χ3n) is 3.76. The number of aryl methyl sites for hydroxylation is 1. The SMILES string of the molecule is CNc1nc(C)c(-c2ccnc(Nc3ccc(OCCOC)c(N=O)c3)n2)s1. The number of rotatable bonds is 9. The van der Waals surface area contributed by atoms with Gasteiger partial charge < -0.3 is 20.1 Å². The van der Waals surface area contributed by atoms with Crippen LogP contribution in [0.15, 0.2) is 35.6 Å². The maximum Gasteiger partial charge on any atom is 0.227 e. The number of ether oxygens (including phenoxy) is 2. The summed E-state index contributed by atoms with van der Waals surface area (Å²) in [6.07, 6.45) is 1.67. The second-order valence-corrected chi connectivity index (χ2v) is 6.69. The number of thiazole rings is 1. The lowest BCUT2D eigenvalue weighted by molar-refractivity contribution is 0.146. The predicted octanol–water partition coefficient (Wildman–Crippen LogP) is 4.12. The second kappa shape index (κ2) is 9.20. The van der Waals surface area contributed by atoms with Crippen LogP contribution in [0, 0.1) is 11.8 Å². The Morgan fingerprint density at radius 3 is 2.79 bits per heavy atom. The van der Waals surface area contributed by atoms with Crippen LogP contribution in [-0.2, 0) is 4.74 Å². The summed E-state index contributed by atoms with van der Waals surface area (Å²) in [4.78, 5) is 25.3. The summed E-state index contributed by atoms with van der Waals surface area (Å²) < 4.78 is 10.4. The van der Waals surface area contributed by atoms with Gasteiger partial charge in [-0.15, -0.1) is 4.91 Å². The van der Waals surface area contributed by atoms with E-state index in [1.165, 1.54) is 11.3 Å². The molecule has 0 aliphatic carbocycles. The number of nitrogens with zero attached hydrogens (tertiary/aromatic N) is 4. The smallest absolute Gasteiger partial charge is 0.227 e. The van der Waals surface area contributed by atoms with Crippen molar-refractivity contribution in [1.29, 1.82) is 0 Å². The van der Waals surface area contributed by atoms with Crippen molar-refractivity contribution in [2.75, 3.05) is 38.0 Å². The van der Waals surface area contributed by atoms with Gasteiger partial charge in [0.05, 0.1) is 22.9 Å². The van der Waals surface area contributed by atoms with Gasteiger partial charge >= 0.3 is 0 Å². The van der Waals surface area contributed by atoms with Crippen molar-refractivity contribution in [3.63, 3.8) is 0 Å². The fourth-order valence-electron chi connectivity index (χ4n) is 2.44. The summed E-state index contributed by atoms with van der Waals surface area (Å²) in [5.74, 6) is 0.799. The Labute approximate surface area is 166 Å². The molecule has 9 nitrogen and oxygen atoms in total. The number of hydrogen-bond acceptors (Lipinski definition) is 10. The quantitative estimate of drug-likeness (QED) is 0.408. The van der Waals surface area contributed by atoms with E-state index >= 15 is 0 Å². The minimum atomic E-state index is 0.189. The molecule has 2 heterocycles. The predicted molar refractivity (Wildman–Crippen MR) is 110 cm³/mol. The maximum atomic E-state index is 11.1. The minimum absolute atomic E-state index is 0.189. The zero-order valence-corrected chi connectivity index (χ0v) is 16.5. The minimum Gasteiger partial charge on any atom is -0.489 e. The van der Waals surface area contributed by atoms with E-state index in [9.17, 15) is 4.91 Å². The molecule has 2 N–H and O–H groups in total. The topological polar surface area (TPSA) is 111 Å². The van der Waals surface area contributed by atoms with Gasteiger partial charge in [0, 0.05) is 26.0 Å². The van der Waals surface area contributed by atoms with Crippen LogP contribution in [0.25, 0.3) is 10.6 Å². The van der Waals surface area contributed by atoms with Crippen molar-refractivity contribution >= 4 is 33.8 Å². The van der Waals surface area contributed by atoms with E-state index in [0.717, 1.165) is 21.4 Å². The molecule has 10 heteroatoms. The second-order valence-electron chi connectivity index (χ2n) is 5.69. The highest BCUT2D eigenvalue weighted by atomic mass is 32.1. The van der Waals surface area contributed by atoms with Crippen LogP contribution in [0.1, 0.15) is 5.69 Å². The molecule has 2 aromatic heterocycles. The van der Waals surface area contributed by atoms with Gasteiger partial charge in [0.2, 0.25) is 5.95 Å². The Bertz CT molecular complexity index is 962. The summed E-state index contributed by atoms with van der Waals surface area (Å²) in [5, 5.41) is 9.98. The van der Waals surface area contributed by atoms with E-state index in [1.54, 1.807) is 31.5 Å². The lowest BCUT2D eigenvalue weighted by Gasteiger charge is -2.10. The number of benzene rings is 1. The fraction of sp³-hybridized carbons (Fsp3) is 0.278. The first kappa shape index (κ1) is 19.6. The molecule has 0 atom stereocenters. The monoisotopic (exact) mass is 400 g/mol. The molecule has 3 aromatic rings. The van der Waals surface area contributed by atoms with Gasteiger partial charge in [-0.2, -0.15) is 0 Å². The lowest BCUT2D eigenvalue weighted by atomic mass is 10.2. The Kier molecular flexibility index (Phi) is 6.45. The lowest BCUT2D eigenvalue weighted by Crippen LogP contribution is -2.04.